The molecule has 3 unspecified atom stereocenters. The molecule has 0 aliphatic carbocycles. The van der Waals surface area contributed by atoms with Crippen LogP contribution >= 0.6 is 0 Å². The van der Waals surface area contributed by atoms with Crippen LogP contribution in [0, 0.1) is 11.7 Å². The van der Waals surface area contributed by atoms with Crippen LogP contribution in [0.4, 0.5) is 4.39 Å². The molecule has 1 saturated heterocycles. The van der Waals surface area contributed by atoms with Crippen LogP contribution in [0.5, 0.6) is 0 Å². The molecule has 1 aromatic carbocycles. The Morgan fingerprint density at radius 1 is 1.39 bits per heavy atom. The summed E-state index contributed by atoms with van der Waals surface area (Å²) < 4.78 is 13.6. The van der Waals surface area contributed by atoms with Crippen molar-refractivity contribution in [3.8, 4) is 0 Å². The van der Waals surface area contributed by atoms with Crippen LogP contribution in [-0.2, 0) is 0 Å². The van der Waals surface area contributed by atoms with Crippen LogP contribution < -0.4 is 5.73 Å². The number of hydrogen-bond acceptors (Lipinski definition) is 2. The first-order chi connectivity index (χ1) is 8.58. The maximum atomic E-state index is 13.6. The average Bonchev–Trinajstić information content (AvgIpc) is 2.65. The monoisotopic (exact) mass is 250 g/mol. The van der Waals surface area contributed by atoms with E-state index in [1.165, 1.54) is 12.5 Å². The lowest BCUT2D eigenvalue weighted by atomic mass is 10.0. The van der Waals surface area contributed by atoms with Gasteiger partial charge in [0.15, 0.2) is 0 Å². The molecule has 1 fully saturated rings. The van der Waals surface area contributed by atoms with Gasteiger partial charge in [0.2, 0.25) is 0 Å². The Morgan fingerprint density at radius 2 is 2.11 bits per heavy atom. The van der Waals surface area contributed by atoms with Crippen LogP contribution in [0.3, 0.4) is 0 Å². The summed E-state index contributed by atoms with van der Waals surface area (Å²) in [6.45, 7) is 6.65. The van der Waals surface area contributed by atoms with Crippen molar-refractivity contribution in [1.82, 2.24) is 4.90 Å². The van der Waals surface area contributed by atoms with Crippen LogP contribution in [0.25, 0.3) is 0 Å². The third-order valence-electron chi connectivity index (χ3n) is 3.95. The van der Waals surface area contributed by atoms with Gasteiger partial charge >= 0.3 is 0 Å². The Hall–Kier alpha value is -0.930. The minimum atomic E-state index is -0.200. The van der Waals surface area contributed by atoms with Crippen LogP contribution in [0.2, 0.25) is 0 Å². The second kappa shape index (κ2) is 5.81. The predicted octanol–water partition coefficient (Wildman–Crippen LogP) is 2.95. The van der Waals surface area contributed by atoms with Gasteiger partial charge in [0, 0.05) is 30.7 Å². The molecule has 1 heterocycles. The molecule has 2 rings (SSSR count). The van der Waals surface area contributed by atoms with Crippen molar-refractivity contribution >= 4 is 0 Å². The summed E-state index contributed by atoms with van der Waals surface area (Å²) in [4.78, 5) is 2.46. The third kappa shape index (κ3) is 3.09. The lowest BCUT2D eigenvalue weighted by molar-refractivity contribution is 0.254. The molecule has 1 aliphatic rings. The van der Waals surface area contributed by atoms with Crippen molar-refractivity contribution in [1.29, 1.82) is 0 Å². The van der Waals surface area contributed by atoms with Gasteiger partial charge in [0.05, 0.1) is 0 Å². The van der Waals surface area contributed by atoms with Crippen LogP contribution in [-0.4, -0.2) is 24.0 Å². The molecule has 2 N–H and O–H groups in total. The quantitative estimate of drug-likeness (QED) is 0.890. The summed E-state index contributed by atoms with van der Waals surface area (Å²) in [6, 6.07) is 7.25. The summed E-state index contributed by atoms with van der Waals surface area (Å²) in [7, 11) is 0. The second-order valence-electron chi connectivity index (χ2n) is 5.60. The predicted molar refractivity (Wildman–Crippen MR) is 72.8 cm³/mol. The summed E-state index contributed by atoms with van der Waals surface area (Å²) in [6.07, 6.45) is 2.08. The van der Waals surface area contributed by atoms with E-state index in [2.05, 4.69) is 18.7 Å². The maximum absolute atomic E-state index is 13.6. The van der Waals surface area contributed by atoms with Crippen LogP contribution in [0.1, 0.15) is 38.3 Å². The van der Waals surface area contributed by atoms with Crippen molar-refractivity contribution < 1.29 is 4.39 Å². The van der Waals surface area contributed by atoms with Gasteiger partial charge in [-0.3, -0.25) is 0 Å². The Balaban J connectivity index is 1.89. The van der Waals surface area contributed by atoms with Crippen molar-refractivity contribution in [3.63, 3.8) is 0 Å². The average molecular weight is 250 g/mol. The molecule has 100 valence electrons. The highest BCUT2D eigenvalue weighted by Crippen LogP contribution is 2.24. The van der Waals surface area contributed by atoms with Crippen molar-refractivity contribution in [2.75, 3.05) is 13.1 Å². The molecule has 0 spiro atoms. The van der Waals surface area contributed by atoms with Crippen LogP contribution in [0.15, 0.2) is 24.3 Å². The van der Waals surface area contributed by atoms with E-state index < -0.39 is 0 Å². The Labute approximate surface area is 109 Å². The minimum absolute atomic E-state index is 0.187. The first-order valence-electron chi connectivity index (χ1n) is 6.82. The summed E-state index contributed by atoms with van der Waals surface area (Å²) >= 11 is 0. The molecule has 0 saturated carbocycles. The number of hydrogen-bond donors (Lipinski definition) is 1. The Morgan fingerprint density at radius 3 is 2.72 bits per heavy atom. The molecule has 3 heteroatoms. The van der Waals surface area contributed by atoms with Gasteiger partial charge in [-0.2, -0.15) is 0 Å². The smallest absolute Gasteiger partial charge is 0.127 e. The zero-order chi connectivity index (χ0) is 13.1. The molecule has 1 aliphatic heterocycles. The molecule has 0 radical (unpaired) electrons. The highest BCUT2D eigenvalue weighted by atomic mass is 19.1. The highest BCUT2D eigenvalue weighted by Gasteiger charge is 2.26. The van der Waals surface area contributed by atoms with E-state index >= 15 is 0 Å². The number of nitrogens with zero attached hydrogens (tertiary/aromatic N) is 1. The van der Waals surface area contributed by atoms with E-state index in [4.69, 9.17) is 5.73 Å². The minimum Gasteiger partial charge on any atom is -0.324 e. The normalized spacial score (nSPS) is 26.4. The summed E-state index contributed by atoms with van der Waals surface area (Å²) in [5, 5.41) is 0. The molecule has 3 atom stereocenters. The van der Waals surface area contributed by atoms with E-state index in [0.717, 1.165) is 25.4 Å². The van der Waals surface area contributed by atoms with Gasteiger partial charge in [-0.25, -0.2) is 4.39 Å². The highest BCUT2D eigenvalue weighted by molar-refractivity contribution is 5.20. The molecule has 0 bridgehead atoms. The summed E-state index contributed by atoms with van der Waals surface area (Å²) in [5.41, 5.74) is 6.72. The standard InChI is InChI=1S/C15H23FN2/c1-11-9-12(2)18(10-11)8-7-15(17)13-5-3-4-6-14(13)16/h3-6,11-12,15H,7-10,17H2,1-2H3. The largest absolute Gasteiger partial charge is 0.324 e. The topological polar surface area (TPSA) is 29.3 Å². The van der Waals surface area contributed by atoms with E-state index in [1.54, 1.807) is 12.1 Å². The van der Waals surface area contributed by atoms with Gasteiger partial charge in [-0.05, 0) is 31.7 Å². The van der Waals surface area contributed by atoms with Crippen molar-refractivity contribution in [3.05, 3.63) is 35.6 Å². The number of nitrogens with two attached hydrogens (primary N) is 1. The fourth-order valence-electron chi connectivity index (χ4n) is 2.93. The van der Waals surface area contributed by atoms with E-state index in [0.29, 0.717) is 11.6 Å². The third-order valence-corrected chi connectivity index (χ3v) is 3.95. The lowest BCUT2D eigenvalue weighted by Crippen LogP contribution is -2.30. The zero-order valence-corrected chi connectivity index (χ0v) is 11.3. The zero-order valence-electron chi connectivity index (χ0n) is 11.3. The van der Waals surface area contributed by atoms with E-state index in [9.17, 15) is 4.39 Å². The molecule has 1 aromatic rings. The second-order valence-corrected chi connectivity index (χ2v) is 5.60. The van der Waals surface area contributed by atoms with Gasteiger partial charge in [-0.1, -0.05) is 25.1 Å². The number of likely N-dealkylation sites (tertiary alicyclic amines) is 1. The van der Waals surface area contributed by atoms with E-state index in [1.807, 2.05) is 6.07 Å². The Bertz CT molecular complexity index is 394. The lowest BCUT2D eigenvalue weighted by Gasteiger charge is -2.23. The molecule has 18 heavy (non-hydrogen) atoms. The molecule has 0 amide bonds. The number of halogens is 1. The van der Waals surface area contributed by atoms with Crippen molar-refractivity contribution in [2.24, 2.45) is 11.7 Å². The van der Waals surface area contributed by atoms with Gasteiger partial charge in [-0.15, -0.1) is 0 Å². The maximum Gasteiger partial charge on any atom is 0.127 e. The fraction of sp³-hybridized carbons (Fsp3) is 0.600. The molecular weight excluding hydrogens is 227 g/mol. The summed E-state index contributed by atoms with van der Waals surface area (Å²) in [5.74, 6) is 0.581. The first kappa shape index (κ1) is 13.5. The van der Waals surface area contributed by atoms with Gasteiger partial charge < -0.3 is 10.6 Å². The number of rotatable bonds is 4. The molecular formula is C15H23FN2. The molecule has 2 nitrogen and oxygen atoms in total. The van der Waals surface area contributed by atoms with Gasteiger partial charge in [0.1, 0.15) is 5.82 Å². The fourth-order valence-corrected chi connectivity index (χ4v) is 2.93. The SMILES string of the molecule is CC1CC(C)N(CCC(N)c2ccccc2F)C1. The number of benzene rings is 1. The molecule has 0 aromatic heterocycles. The van der Waals surface area contributed by atoms with E-state index in [-0.39, 0.29) is 11.9 Å². The van der Waals surface area contributed by atoms with Gasteiger partial charge in [0.25, 0.3) is 0 Å². The van der Waals surface area contributed by atoms with Crippen molar-refractivity contribution in [2.45, 2.75) is 38.8 Å². The first-order valence-corrected chi connectivity index (χ1v) is 6.82. The Kier molecular flexibility index (Phi) is 4.36.